The summed E-state index contributed by atoms with van der Waals surface area (Å²) < 4.78 is 11.3. The predicted octanol–water partition coefficient (Wildman–Crippen LogP) is 4.84. The van der Waals surface area contributed by atoms with Crippen molar-refractivity contribution in [3.63, 3.8) is 0 Å². The van der Waals surface area contributed by atoms with E-state index < -0.39 is 5.91 Å². The Morgan fingerprint density at radius 1 is 1.00 bits per heavy atom. The molecule has 26 heavy (non-hydrogen) atoms. The molecule has 1 N–H and O–H groups in total. The van der Waals surface area contributed by atoms with Gasteiger partial charge in [0.15, 0.2) is 0 Å². The highest BCUT2D eigenvalue weighted by molar-refractivity contribution is 7.08. The van der Waals surface area contributed by atoms with E-state index in [2.05, 4.69) is 15.5 Å². The Kier molecular flexibility index (Phi) is 4.44. The lowest BCUT2D eigenvalue weighted by Crippen LogP contribution is -2.13. The van der Waals surface area contributed by atoms with Gasteiger partial charge in [0, 0.05) is 10.9 Å². The maximum absolute atomic E-state index is 12.6. The number of carbonyl (C=O) groups excluding carboxylic acids is 1. The molecule has 2 heterocycles. The van der Waals surface area contributed by atoms with Crippen LogP contribution in [0.3, 0.4) is 0 Å². The molecule has 7 heteroatoms. The Labute approximate surface area is 153 Å². The zero-order valence-corrected chi connectivity index (χ0v) is 14.3. The van der Waals surface area contributed by atoms with Crippen LogP contribution in [0.1, 0.15) is 10.4 Å². The molecule has 0 aliphatic rings. The van der Waals surface area contributed by atoms with Crippen LogP contribution in [0, 0.1) is 0 Å². The molecule has 1 amide bonds. The van der Waals surface area contributed by atoms with E-state index in [4.69, 9.17) is 9.15 Å². The van der Waals surface area contributed by atoms with Crippen molar-refractivity contribution in [3.8, 4) is 23.0 Å². The van der Waals surface area contributed by atoms with Crippen molar-refractivity contribution < 1.29 is 13.9 Å². The lowest BCUT2D eigenvalue weighted by molar-refractivity contribution is 0.102. The molecule has 0 saturated heterocycles. The van der Waals surface area contributed by atoms with Gasteiger partial charge < -0.3 is 9.15 Å². The van der Waals surface area contributed by atoms with E-state index in [1.807, 2.05) is 47.2 Å². The number of para-hydroxylation sites is 2. The minimum absolute atomic E-state index is 0.0331. The first-order chi connectivity index (χ1) is 12.8. The highest BCUT2D eigenvalue weighted by Gasteiger charge is 2.16. The van der Waals surface area contributed by atoms with E-state index in [0.717, 1.165) is 5.56 Å². The van der Waals surface area contributed by atoms with Gasteiger partial charge in [0.05, 0.1) is 5.56 Å². The van der Waals surface area contributed by atoms with Gasteiger partial charge in [0.2, 0.25) is 0 Å². The van der Waals surface area contributed by atoms with Gasteiger partial charge in [-0.05, 0) is 35.7 Å². The maximum atomic E-state index is 12.6. The van der Waals surface area contributed by atoms with Crippen LogP contribution in [-0.2, 0) is 0 Å². The summed E-state index contributed by atoms with van der Waals surface area (Å²) in [6.45, 7) is 0. The van der Waals surface area contributed by atoms with Gasteiger partial charge in [-0.15, -0.1) is 5.10 Å². The third-order valence-corrected chi connectivity index (χ3v) is 4.20. The molecular formula is C19H13N3O3S. The van der Waals surface area contributed by atoms with Gasteiger partial charge in [0.1, 0.15) is 11.5 Å². The number of rotatable bonds is 5. The van der Waals surface area contributed by atoms with E-state index in [9.17, 15) is 4.79 Å². The van der Waals surface area contributed by atoms with Gasteiger partial charge in [-0.3, -0.25) is 10.1 Å². The summed E-state index contributed by atoms with van der Waals surface area (Å²) in [5.74, 6) is 1.05. The molecule has 0 unspecified atom stereocenters. The zero-order chi connectivity index (χ0) is 17.8. The van der Waals surface area contributed by atoms with Crippen LogP contribution in [0.5, 0.6) is 11.5 Å². The number of aromatic nitrogens is 2. The van der Waals surface area contributed by atoms with Crippen LogP contribution in [-0.4, -0.2) is 16.1 Å². The quantitative estimate of drug-likeness (QED) is 0.549. The Morgan fingerprint density at radius 3 is 2.62 bits per heavy atom. The molecule has 0 fully saturated rings. The Bertz CT molecular complexity index is 1010. The summed E-state index contributed by atoms with van der Waals surface area (Å²) in [6, 6.07) is 18.1. The number of carbonyl (C=O) groups is 1. The summed E-state index contributed by atoms with van der Waals surface area (Å²) in [4.78, 5) is 12.6. The molecule has 0 aliphatic heterocycles. The molecule has 2 aromatic carbocycles. The largest absolute Gasteiger partial charge is 0.457 e. The third-order valence-electron chi connectivity index (χ3n) is 3.52. The number of ether oxygens (including phenoxy) is 1. The average Bonchev–Trinajstić information content (AvgIpc) is 3.34. The van der Waals surface area contributed by atoms with Gasteiger partial charge in [-0.2, -0.15) is 11.3 Å². The van der Waals surface area contributed by atoms with Crippen LogP contribution in [0.25, 0.3) is 11.5 Å². The Balaban J connectivity index is 1.53. The Hall–Kier alpha value is -3.45. The van der Waals surface area contributed by atoms with Crippen LogP contribution in [0.15, 0.2) is 75.8 Å². The van der Waals surface area contributed by atoms with E-state index in [1.165, 1.54) is 11.3 Å². The summed E-state index contributed by atoms with van der Waals surface area (Å²) in [5.41, 5.74) is 1.18. The number of hydrogen-bond acceptors (Lipinski definition) is 6. The lowest BCUT2D eigenvalue weighted by atomic mass is 10.2. The van der Waals surface area contributed by atoms with Crippen molar-refractivity contribution in [1.29, 1.82) is 0 Å². The first kappa shape index (κ1) is 16.0. The molecule has 4 rings (SSSR count). The second-order valence-electron chi connectivity index (χ2n) is 5.29. The van der Waals surface area contributed by atoms with Crippen LogP contribution in [0.4, 0.5) is 6.01 Å². The second-order valence-corrected chi connectivity index (χ2v) is 6.07. The molecule has 0 bridgehead atoms. The van der Waals surface area contributed by atoms with E-state index in [-0.39, 0.29) is 6.01 Å². The van der Waals surface area contributed by atoms with Crippen molar-refractivity contribution in [2.24, 2.45) is 0 Å². The highest BCUT2D eigenvalue weighted by Crippen LogP contribution is 2.26. The molecule has 4 aromatic rings. The third kappa shape index (κ3) is 3.47. The number of nitrogens with one attached hydrogen (secondary N) is 1. The summed E-state index contributed by atoms with van der Waals surface area (Å²) in [7, 11) is 0. The van der Waals surface area contributed by atoms with Crippen molar-refractivity contribution in [1.82, 2.24) is 10.2 Å². The van der Waals surface area contributed by atoms with Gasteiger partial charge in [0.25, 0.3) is 11.8 Å². The van der Waals surface area contributed by atoms with Gasteiger partial charge in [-0.25, -0.2) is 0 Å². The summed E-state index contributed by atoms with van der Waals surface area (Å²) in [5, 5.41) is 14.2. The molecule has 0 atom stereocenters. The van der Waals surface area contributed by atoms with Gasteiger partial charge >= 0.3 is 6.01 Å². The van der Waals surface area contributed by atoms with Crippen molar-refractivity contribution in [2.45, 2.75) is 0 Å². The molecule has 6 nitrogen and oxygen atoms in total. The fraction of sp³-hybridized carbons (Fsp3) is 0. The van der Waals surface area contributed by atoms with Crippen LogP contribution < -0.4 is 10.1 Å². The number of benzene rings is 2. The number of amides is 1. The van der Waals surface area contributed by atoms with E-state index >= 15 is 0 Å². The fourth-order valence-corrected chi connectivity index (χ4v) is 2.93. The molecule has 0 aliphatic carbocycles. The predicted molar refractivity (Wildman–Crippen MR) is 98.5 cm³/mol. The summed E-state index contributed by atoms with van der Waals surface area (Å²) >= 11 is 1.53. The first-order valence-corrected chi connectivity index (χ1v) is 8.73. The van der Waals surface area contributed by atoms with Crippen LogP contribution >= 0.6 is 11.3 Å². The first-order valence-electron chi connectivity index (χ1n) is 7.79. The SMILES string of the molecule is O=C(Nc1nnc(-c2ccsc2)o1)c1ccccc1Oc1ccccc1. The molecule has 2 aromatic heterocycles. The molecule has 128 valence electrons. The van der Waals surface area contributed by atoms with Crippen LogP contribution in [0.2, 0.25) is 0 Å². The molecule has 0 spiro atoms. The number of thiophene rings is 1. The highest BCUT2D eigenvalue weighted by atomic mass is 32.1. The minimum atomic E-state index is -0.392. The topological polar surface area (TPSA) is 77.3 Å². The number of anilines is 1. The minimum Gasteiger partial charge on any atom is -0.457 e. The van der Waals surface area contributed by atoms with E-state index in [1.54, 1.807) is 24.3 Å². The molecular weight excluding hydrogens is 350 g/mol. The Morgan fingerprint density at radius 2 is 1.81 bits per heavy atom. The van der Waals surface area contributed by atoms with Crippen molar-refractivity contribution >= 4 is 23.3 Å². The summed E-state index contributed by atoms with van der Waals surface area (Å²) in [6.07, 6.45) is 0. The standard InChI is InChI=1S/C19H13N3O3S/c23-17(20-19-22-21-18(25-19)13-10-11-26-12-13)15-8-4-5-9-16(15)24-14-6-2-1-3-7-14/h1-12H,(H,20,22,23). The average molecular weight is 363 g/mol. The molecule has 0 radical (unpaired) electrons. The fourth-order valence-electron chi connectivity index (χ4n) is 2.30. The zero-order valence-electron chi connectivity index (χ0n) is 13.5. The van der Waals surface area contributed by atoms with Crippen molar-refractivity contribution in [3.05, 3.63) is 77.0 Å². The lowest BCUT2D eigenvalue weighted by Gasteiger charge is -2.10. The monoisotopic (exact) mass is 363 g/mol. The molecule has 0 saturated carbocycles. The normalized spacial score (nSPS) is 10.5. The second kappa shape index (κ2) is 7.20. The van der Waals surface area contributed by atoms with Crippen molar-refractivity contribution in [2.75, 3.05) is 5.32 Å². The van der Waals surface area contributed by atoms with E-state index in [0.29, 0.717) is 23.0 Å². The number of hydrogen-bond donors (Lipinski definition) is 1. The van der Waals surface area contributed by atoms with Gasteiger partial charge in [-0.1, -0.05) is 35.4 Å². The number of nitrogens with zero attached hydrogens (tertiary/aromatic N) is 2. The smallest absolute Gasteiger partial charge is 0.322 e. The maximum Gasteiger partial charge on any atom is 0.322 e.